The Bertz CT molecular complexity index is 374. The highest BCUT2D eigenvalue weighted by Gasteiger charge is 2.07. The summed E-state index contributed by atoms with van der Waals surface area (Å²) in [5.41, 5.74) is 2.56. The first-order valence-corrected chi connectivity index (χ1v) is 7.51. The first-order valence-electron chi connectivity index (χ1n) is 7.51. The maximum absolute atomic E-state index is 5.84. The summed E-state index contributed by atoms with van der Waals surface area (Å²) in [6, 6.07) is 6.92. The van der Waals surface area contributed by atoms with Crippen LogP contribution in [0.15, 0.2) is 18.2 Å². The van der Waals surface area contributed by atoms with Crippen LogP contribution in [0.2, 0.25) is 0 Å². The topological polar surface area (TPSA) is 21.3 Å². The number of aryl methyl sites for hydroxylation is 1. The molecule has 108 valence electrons. The highest BCUT2D eigenvalue weighted by molar-refractivity contribution is 5.37. The van der Waals surface area contributed by atoms with E-state index in [4.69, 9.17) is 4.74 Å². The van der Waals surface area contributed by atoms with Crippen molar-refractivity contribution in [3.63, 3.8) is 0 Å². The van der Waals surface area contributed by atoms with Crippen molar-refractivity contribution < 1.29 is 4.74 Å². The van der Waals surface area contributed by atoms with Crippen LogP contribution in [0.4, 0.5) is 0 Å². The van der Waals surface area contributed by atoms with Crippen molar-refractivity contribution in [1.29, 1.82) is 0 Å². The molecule has 0 heterocycles. The van der Waals surface area contributed by atoms with Gasteiger partial charge < -0.3 is 10.1 Å². The molecule has 1 N–H and O–H groups in total. The van der Waals surface area contributed by atoms with E-state index in [0.29, 0.717) is 12.0 Å². The lowest BCUT2D eigenvalue weighted by Crippen LogP contribution is -2.19. The van der Waals surface area contributed by atoms with Gasteiger partial charge in [-0.2, -0.15) is 0 Å². The Labute approximate surface area is 118 Å². The van der Waals surface area contributed by atoms with Gasteiger partial charge in [0.1, 0.15) is 5.75 Å². The molecule has 0 bridgehead atoms. The third-order valence-corrected chi connectivity index (χ3v) is 3.35. The molecule has 2 nitrogen and oxygen atoms in total. The van der Waals surface area contributed by atoms with E-state index >= 15 is 0 Å². The van der Waals surface area contributed by atoms with Crippen LogP contribution in [0.25, 0.3) is 0 Å². The van der Waals surface area contributed by atoms with Gasteiger partial charge in [0.2, 0.25) is 0 Å². The van der Waals surface area contributed by atoms with E-state index in [0.717, 1.165) is 25.3 Å². The second kappa shape index (κ2) is 8.21. The molecule has 0 saturated carbocycles. The van der Waals surface area contributed by atoms with Crippen molar-refractivity contribution in [3.05, 3.63) is 29.3 Å². The maximum atomic E-state index is 5.84. The Morgan fingerprint density at radius 2 is 1.95 bits per heavy atom. The van der Waals surface area contributed by atoms with Crippen LogP contribution >= 0.6 is 0 Å². The first-order chi connectivity index (χ1) is 9.04. The Kier molecular flexibility index (Phi) is 6.93. The van der Waals surface area contributed by atoms with Crippen LogP contribution in [0.5, 0.6) is 5.75 Å². The zero-order valence-corrected chi connectivity index (χ0v) is 13.1. The van der Waals surface area contributed by atoms with Gasteiger partial charge in [-0.1, -0.05) is 32.9 Å². The molecule has 19 heavy (non-hydrogen) atoms. The number of ether oxygens (including phenoxy) is 1. The SMILES string of the molecule is CCCNC(C)c1ccc(OCCC(C)C)c(C)c1. The maximum Gasteiger partial charge on any atom is 0.122 e. The Morgan fingerprint density at radius 1 is 1.21 bits per heavy atom. The zero-order chi connectivity index (χ0) is 14.3. The standard InChI is InChI=1S/C17H29NO/c1-6-10-18-15(5)16-7-8-17(14(4)12-16)19-11-9-13(2)3/h7-8,12-13,15,18H,6,9-11H2,1-5H3. The fourth-order valence-electron chi connectivity index (χ4n) is 1.99. The second-order valence-electron chi connectivity index (χ2n) is 5.73. The van der Waals surface area contributed by atoms with Crippen molar-refractivity contribution in [2.24, 2.45) is 5.92 Å². The molecule has 0 spiro atoms. The summed E-state index contributed by atoms with van der Waals surface area (Å²) >= 11 is 0. The molecule has 2 heteroatoms. The Hall–Kier alpha value is -1.02. The van der Waals surface area contributed by atoms with Gasteiger partial charge in [0, 0.05) is 6.04 Å². The highest BCUT2D eigenvalue weighted by Crippen LogP contribution is 2.23. The number of rotatable bonds is 8. The summed E-state index contributed by atoms with van der Waals surface area (Å²) in [6.45, 7) is 12.8. The van der Waals surface area contributed by atoms with E-state index in [-0.39, 0.29) is 0 Å². The summed E-state index contributed by atoms with van der Waals surface area (Å²) < 4.78 is 5.84. The van der Waals surface area contributed by atoms with Gasteiger partial charge in [0.25, 0.3) is 0 Å². The molecule has 0 amide bonds. The second-order valence-corrected chi connectivity index (χ2v) is 5.73. The quantitative estimate of drug-likeness (QED) is 0.746. The molecule has 0 saturated heterocycles. The number of hydrogen-bond donors (Lipinski definition) is 1. The lowest BCUT2D eigenvalue weighted by molar-refractivity contribution is 0.287. The van der Waals surface area contributed by atoms with Gasteiger partial charge in [0.05, 0.1) is 6.61 Å². The summed E-state index contributed by atoms with van der Waals surface area (Å²) in [5, 5.41) is 3.51. The minimum absolute atomic E-state index is 0.406. The fourth-order valence-corrected chi connectivity index (χ4v) is 1.99. The average Bonchev–Trinajstić information content (AvgIpc) is 2.37. The van der Waals surface area contributed by atoms with Crippen molar-refractivity contribution in [3.8, 4) is 5.75 Å². The van der Waals surface area contributed by atoms with Gasteiger partial charge in [-0.05, 0) is 56.3 Å². The van der Waals surface area contributed by atoms with Crippen molar-refractivity contribution in [2.45, 2.75) is 53.5 Å². The summed E-state index contributed by atoms with van der Waals surface area (Å²) in [4.78, 5) is 0. The molecule has 0 aliphatic heterocycles. The molecule has 1 atom stereocenters. The van der Waals surface area contributed by atoms with Crippen LogP contribution in [0.3, 0.4) is 0 Å². The number of hydrogen-bond acceptors (Lipinski definition) is 2. The molecular weight excluding hydrogens is 234 g/mol. The largest absolute Gasteiger partial charge is 0.493 e. The van der Waals surface area contributed by atoms with Crippen LogP contribution in [-0.2, 0) is 0 Å². The zero-order valence-electron chi connectivity index (χ0n) is 13.1. The summed E-state index contributed by atoms with van der Waals surface area (Å²) in [5.74, 6) is 1.71. The molecule has 0 aliphatic carbocycles. The molecule has 0 fully saturated rings. The summed E-state index contributed by atoms with van der Waals surface area (Å²) in [7, 11) is 0. The predicted octanol–water partition coefficient (Wildman–Crippen LogP) is 4.48. The molecular formula is C17H29NO. The van der Waals surface area contributed by atoms with Gasteiger partial charge >= 0.3 is 0 Å². The molecule has 0 aromatic heterocycles. The molecule has 1 unspecified atom stereocenters. The third-order valence-electron chi connectivity index (χ3n) is 3.35. The van der Waals surface area contributed by atoms with Crippen LogP contribution < -0.4 is 10.1 Å². The molecule has 1 aromatic rings. The van der Waals surface area contributed by atoms with Crippen LogP contribution in [0.1, 0.15) is 57.7 Å². The van der Waals surface area contributed by atoms with E-state index in [9.17, 15) is 0 Å². The highest BCUT2D eigenvalue weighted by atomic mass is 16.5. The third kappa shape index (κ3) is 5.65. The molecule has 0 radical (unpaired) electrons. The van der Waals surface area contributed by atoms with Crippen molar-refractivity contribution in [1.82, 2.24) is 5.32 Å². The minimum atomic E-state index is 0.406. The van der Waals surface area contributed by atoms with E-state index in [1.807, 2.05) is 0 Å². The van der Waals surface area contributed by atoms with E-state index in [1.54, 1.807) is 0 Å². The molecule has 1 aromatic carbocycles. The average molecular weight is 263 g/mol. The minimum Gasteiger partial charge on any atom is -0.493 e. The van der Waals surface area contributed by atoms with Crippen LogP contribution in [-0.4, -0.2) is 13.2 Å². The normalized spacial score (nSPS) is 12.7. The van der Waals surface area contributed by atoms with Gasteiger partial charge in [-0.25, -0.2) is 0 Å². The Morgan fingerprint density at radius 3 is 2.53 bits per heavy atom. The fraction of sp³-hybridized carbons (Fsp3) is 0.647. The predicted molar refractivity (Wildman–Crippen MR) is 82.8 cm³/mol. The van der Waals surface area contributed by atoms with Gasteiger partial charge in [0.15, 0.2) is 0 Å². The van der Waals surface area contributed by atoms with E-state index in [2.05, 4.69) is 58.1 Å². The lowest BCUT2D eigenvalue weighted by Gasteiger charge is -2.16. The molecule has 1 rings (SSSR count). The lowest BCUT2D eigenvalue weighted by atomic mass is 10.0. The Balaban J connectivity index is 2.58. The van der Waals surface area contributed by atoms with E-state index < -0.39 is 0 Å². The first kappa shape index (κ1) is 16.0. The molecule has 0 aliphatic rings. The van der Waals surface area contributed by atoms with Crippen LogP contribution in [0, 0.1) is 12.8 Å². The number of benzene rings is 1. The van der Waals surface area contributed by atoms with Gasteiger partial charge in [-0.15, -0.1) is 0 Å². The van der Waals surface area contributed by atoms with E-state index in [1.165, 1.54) is 17.5 Å². The summed E-state index contributed by atoms with van der Waals surface area (Å²) in [6.07, 6.45) is 2.27. The number of nitrogens with one attached hydrogen (secondary N) is 1. The van der Waals surface area contributed by atoms with Crippen molar-refractivity contribution >= 4 is 0 Å². The van der Waals surface area contributed by atoms with Crippen molar-refractivity contribution in [2.75, 3.05) is 13.2 Å². The smallest absolute Gasteiger partial charge is 0.122 e. The monoisotopic (exact) mass is 263 g/mol. The van der Waals surface area contributed by atoms with Gasteiger partial charge in [-0.3, -0.25) is 0 Å².